The van der Waals surface area contributed by atoms with Crippen LogP contribution in [0.15, 0.2) is 30.3 Å². The molecule has 4 heteroatoms. The molecule has 0 aromatic heterocycles. The summed E-state index contributed by atoms with van der Waals surface area (Å²) in [5, 5.41) is 30.4. The van der Waals surface area contributed by atoms with Gasteiger partial charge in [-0.1, -0.05) is 30.3 Å². The van der Waals surface area contributed by atoms with Gasteiger partial charge in [0.25, 0.3) is 0 Å². The summed E-state index contributed by atoms with van der Waals surface area (Å²) in [4.78, 5) is 2.14. The van der Waals surface area contributed by atoms with Gasteiger partial charge in [0, 0.05) is 19.0 Å². The van der Waals surface area contributed by atoms with Gasteiger partial charge in [0.1, 0.15) is 0 Å². The maximum Gasteiger partial charge on any atom is 0.0982 e. The van der Waals surface area contributed by atoms with E-state index in [0.717, 1.165) is 25.9 Å². The molecule has 0 unspecified atom stereocenters. The van der Waals surface area contributed by atoms with E-state index in [1.807, 2.05) is 18.2 Å². The SMILES string of the molecule is O[C@@H]1[C@@H](CCc2ccccc2)CN2CC[C@H](O)[C@@H]2[C@H]1O. The van der Waals surface area contributed by atoms with Crippen molar-refractivity contribution in [3.8, 4) is 0 Å². The second-order valence-corrected chi connectivity index (χ2v) is 6.11. The molecule has 20 heavy (non-hydrogen) atoms. The molecule has 1 aromatic carbocycles. The summed E-state index contributed by atoms with van der Waals surface area (Å²) in [6.45, 7) is 1.59. The Labute approximate surface area is 119 Å². The van der Waals surface area contributed by atoms with Crippen LogP contribution >= 0.6 is 0 Å². The van der Waals surface area contributed by atoms with Gasteiger partial charge in [-0.25, -0.2) is 0 Å². The Bertz CT molecular complexity index is 439. The number of aryl methyl sites for hydroxylation is 1. The van der Waals surface area contributed by atoms with E-state index in [1.165, 1.54) is 5.56 Å². The van der Waals surface area contributed by atoms with Crippen LogP contribution in [0.2, 0.25) is 0 Å². The van der Waals surface area contributed by atoms with E-state index >= 15 is 0 Å². The van der Waals surface area contributed by atoms with Gasteiger partial charge in [0.05, 0.1) is 24.4 Å². The molecule has 0 spiro atoms. The fourth-order valence-electron chi connectivity index (χ4n) is 3.67. The van der Waals surface area contributed by atoms with Crippen molar-refractivity contribution in [1.29, 1.82) is 0 Å². The lowest BCUT2D eigenvalue weighted by atomic mass is 9.83. The lowest BCUT2D eigenvalue weighted by Crippen LogP contribution is -2.59. The highest BCUT2D eigenvalue weighted by Gasteiger charge is 2.47. The van der Waals surface area contributed by atoms with Crippen molar-refractivity contribution in [2.75, 3.05) is 13.1 Å². The minimum Gasteiger partial charge on any atom is -0.391 e. The second kappa shape index (κ2) is 5.82. The van der Waals surface area contributed by atoms with Crippen LogP contribution in [0.25, 0.3) is 0 Å². The molecule has 2 aliphatic heterocycles. The number of rotatable bonds is 3. The highest BCUT2D eigenvalue weighted by molar-refractivity contribution is 5.15. The van der Waals surface area contributed by atoms with Gasteiger partial charge in [-0.05, 0) is 24.8 Å². The van der Waals surface area contributed by atoms with Gasteiger partial charge >= 0.3 is 0 Å². The van der Waals surface area contributed by atoms with Crippen LogP contribution in [0.1, 0.15) is 18.4 Å². The molecule has 2 aliphatic rings. The zero-order valence-electron chi connectivity index (χ0n) is 11.6. The molecule has 2 heterocycles. The van der Waals surface area contributed by atoms with Gasteiger partial charge in [-0.15, -0.1) is 0 Å². The fraction of sp³-hybridized carbons (Fsp3) is 0.625. The van der Waals surface area contributed by atoms with Crippen molar-refractivity contribution < 1.29 is 15.3 Å². The van der Waals surface area contributed by atoms with E-state index in [-0.39, 0.29) is 12.0 Å². The van der Waals surface area contributed by atoms with Crippen LogP contribution in [0.4, 0.5) is 0 Å². The summed E-state index contributed by atoms with van der Waals surface area (Å²) in [7, 11) is 0. The maximum absolute atomic E-state index is 10.3. The monoisotopic (exact) mass is 277 g/mol. The van der Waals surface area contributed by atoms with Crippen molar-refractivity contribution in [2.24, 2.45) is 5.92 Å². The quantitative estimate of drug-likeness (QED) is 0.748. The number of nitrogens with zero attached hydrogens (tertiary/aromatic N) is 1. The summed E-state index contributed by atoms with van der Waals surface area (Å²) in [6.07, 6.45) is 0.405. The Morgan fingerprint density at radius 3 is 2.55 bits per heavy atom. The number of fused-ring (bicyclic) bond motifs is 1. The topological polar surface area (TPSA) is 63.9 Å². The van der Waals surface area contributed by atoms with Crippen LogP contribution in [0.3, 0.4) is 0 Å². The minimum absolute atomic E-state index is 0.0757. The lowest BCUT2D eigenvalue weighted by molar-refractivity contribution is -0.116. The standard InChI is InChI=1S/C16H23NO3/c18-13-8-9-17-10-12(15(19)16(20)14(13)17)7-6-11-4-2-1-3-5-11/h1-5,12-16,18-20H,6-10H2/t12-,13-,14+,15+,16+/m0/s1. The first kappa shape index (κ1) is 14.0. The Hall–Kier alpha value is -0.940. The van der Waals surface area contributed by atoms with Crippen molar-refractivity contribution >= 4 is 0 Å². The number of aliphatic hydroxyl groups excluding tert-OH is 3. The zero-order chi connectivity index (χ0) is 14.1. The third kappa shape index (κ3) is 2.61. The van der Waals surface area contributed by atoms with Crippen LogP contribution in [-0.2, 0) is 6.42 Å². The molecule has 3 rings (SSSR count). The zero-order valence-corrected chi connectivity index (χ0v) is 11.6. The fourth-order valence-corrected chi connectivity index (χ4v) is 3.67. The second-order valence-electron chi connectivity index (χ2n) is 6.11. The predicted octanol–water partition coefficient (Wildman–Crippen LogP) is 0.406. The average Bonchev–Trinajstić information content (AvgIpc) is 2.84. The van der Waals surface area contributed by atoms with E-state index < -0.39 is 18.3 Å². The van der Waals surface area contributed by atoms with E-state index in [2.05, 4.69) is 17.0 Å². The van der Waals surface area contributed by atoms with E-state index in [1.54, 1.807) is 0 Å². The summed E-state index contributed by atoms with van der Waals surface area (Å²) in [5.74, 6) is 0.0757. The first-order valence-electron chi connectivity index (χ1n) is 7.49. The molecular weight excluding hydrogens is 254 g/mol. The normalized spacial score (nSPS) is 37.9. The Kier molecular flexibility index (Phi) is 4.08. The Balaban J connectivity index is 1.63. The smallest absolute Gasteiger partial charge is 0.0982 e. The number of piperidine rings is 1. The first-order chi connectivity index (χ1) is 9.66. The van der Waals surface area contributed by atoms with Crippen molar-refractivity contribution in [2.45, 2.75) is 43.6 Å². The molecule has 0 radical (unpaired) electrons. The molecule has 0 aliphatic carbocycles. The Morgan fingerprint density at radius 2 is 1.80 bits per heavy atom. The molecular formula is C16H23NO3. The maximum atomic E-state index is 10.3. The third-order valence-electron chi connectivity index (χ3n) is 4.83. The highest BCUT2D eigenvalue weighted by Crippen LogP contribution is 2.32. The van der Waals surface area contributed by atoms with Crippen LogP contribution in [0.5, 0.6) is 0 Å². The molecule has 0 bridgehead atoms. The molecule has 5 atom stereocenters. The molecule has 4 nitrogen and oxygen atoms in total. The van der Waals surface area contributed by atoms with Crippen molar-refractivity contribution in [3.63, 3.8) is 0 Å². The summed E-state index contributed by atoms with van der Waals surface area (Å²) in [6, 6.07) is 9.95. The minimum atomic E-state index is -0.831. The average molecular weight is 277 g/mol. The molecule has 2 fully saturated rings. The number of benzene rings is 1. The first-order valence-corrected chi connectivity index (χ1v) is 7.49. The summed E-state index contributed by atoms with van der Waals surface area (Å²) in [5.41, 5.74) is 1.26. The van der Waals surface area contributed by atoms with E-state index in [4.69, 9.17) is 0 Å². The van der Waals surface area contributed by atoms with E-state index in [9.17, 15) is 15.3 Å². The lowest BCUT2D eigenvalue weighted by Gasteiger charge is -2.43. The predicted molar refractivity (Wildman–Crippen MR) is 76.3 cm³/mol. The number of hydrogen-bond donors (Lipinski definition) is 3. The van der Waals surface area contributed by atoms with Gasteiger partial charge < -0.3 is 15.3 Å². The summed E-state index contributed by atoms with van der Waals surface area (Å²) < 4.78 is 0. The molecule has 1 aromatic rings. The van der Waals surface area contributed by atoms with Gasteiger partial charge in [0.15, 0.2) is 0 Å². The molecule has 3 N–H and O–H groups in total. The van der Waals surface area contributed by atoms with E-state index in [0.29, 0.717) is 6.42 Å². The van der Waals surface area contributed by atoms with Crippen molar-refractivity contribution in [3.05, 3.63) is 35.9 Å². The summed E-state index contributed by atoms with van der Waals surface area (Å²) >= 11 is 0. The molecule has 0 saturated carbocycles. The molecule has 110 valence electrons. The van der Waals surface area contributed by atoms with Crippen LogP contribution in [-0.4, -0.2) is 57.7 Å². The van der Waals surface area contributed by atoms with Gasteiger partial charge in [0.2, 0.25) is 0 Å². The number of hydrogen-bond acceptors (Lipinski definition) is 4. The Morgan fingerprint density at radius 1 is 1.05 bits per heavy atom. The number of aliphatic hydroxyl groups is 3. The highest BCUT2D eigenvalue weighted by atomic mass is 16.3. The van der Waals surface area contributed by atoms with Crippen LogP contribution in [0, 0.1) is 5.92 Å². The van der Waals surface area contributed by atoms with Crippen LogP contribution < -0.4 is 0 Å². The molecule has 2 saturated heterocycles. The van der Waals surface area contributed by atoms with Crippen molar-refractivity contribution in [1.82, 2.24) is 4.90 Å². The largest absolute Gasteiger partial charge is 0.391 e. The third-order valence-corrected chi connectivity index (χ3v) is 4.83. The molecule has 0 amide bonds. The van der Waals surface area contributed by atoms with Gasteiger partial charge in [-0.2, -0.15) is 0 Å². The van der Waals surface area contributed by atoms with Gasteiger partial charge in [-0.3, -0.25) is 4.90 Å².